The molecule has 0 saturated heterocycles. The van der Waals surface area contributed by atoms with Gasteiger partial charge in [0, 0.05) is 35.1 Å². The lowest BCUT2D eigenvalue weighted by atomic mass is 10.0. The first-order valence-electron chi connectivity index (χ1n) is 13.0. The predicted octanol–water partition coefficient (Wildman–Crippen LogP) is 5.40. The van der Waals surface area contributed by atoms with Gasteiger partial charge in [0.25, 0.3) is 0 Å². The first kappa shape index (κ1) is 27.8. The third-order valence-corrected chi connectivity index (χ3v) is 6.72. The number of nitrogens with zero attached hydrogens (tertiary/aromatic N) is 1. The number of rotatable bonds is 11. The topological polar surface area (TPSA) is 125 Å². The SMILES string of the molecule is COc1cc2nccc(Oc3ccc(NC(=O)C4(C(=O)Nc5ccc(F)cc5)CC4)cc3F)c2cc1OCCCN. The van der Waals surface area contributed by atoms with Crippen molar-refractivity contribution >= 4 is 34.1 Å². The number of halogens is 2. The van der Waals surface area contributed by atoms with Gasteiger partial charge in [-0.1, -0.05) is 0 Å². The standard InChI is InChI=1S/C30H28F2N4O5/c1-39-26-17-23-21(16-27(26)40-14-2-12-33)24(9-13-34-23)41-25-8-7-20(15-22(25)32)36-29(38)30(10-11-30)28(37)35-19-5-3-18(31)4-6-19/h3-9,13,15-17H,2,10-12,14,33H2,1H3,(H,35,37)(H,36,38). The Balaban J connectivity index is 1.30. The van der Waals surface area contributed by atoms with Crippen LogP contribution in [0.25, 0.3) is 10.9 Å². The maximum absolute atomic E-state index is 15.1. The number of hydrogen-bond acceptors (Lipinski definition) is 7. The second-order valence-electron chi connectivity index (χ2n) is 9.56. The van der Waals surface area contributed by atoms with E-state index in [1.54, 1.807) is 18.2 Å². The van der Waals surface area contributed by atoms with Gasteiger partial charge in [-0.25, -0.2) is 8.78 Å². The van der Waals surface area contributed by atoms with Crippen LogP contribution in [-0.2, 0) is 9.59 Å². The quantitative estimate of drug-likeness (QED) is 0.165. The number of carbonyl (C=O) groups is 2. The number of aromatic nitrogens is 1. The molecule has 4 aromatic rings. The molecule has 1 fully saturated rings. The Morgan fingerprint density at radius 3 is 2.27 bits per heavy atom. The van der Waals surface area contributed by atoms with Crippen molar-refractivity contribution in [3.63, 3.8) is 0 Å². The summed E-state index contributed by atoms with van der Waals surface area (Å²) in [6, 6.07) is 14.3. The summed E-state index contributed by atoms with van der Waals surface area (Å²) in [4.78, 5) is 30.1. The van der Waals surface area contributed by atoms with Gasteiger partial charge < -0.3 is 30.6 Å². The highest BCUT2D eigenvalue weighted by molar-refractivity contribution is 6.16. The Morgan fingerprint density at radius 2 is 1.61 bits per heavy atom. The van der Waals surface area contributed by atoms with Crippen LogP contribution in [0.3, 0.4) is 0 Å². The highest BCUT2D eigenvalue weighted by Crippen LogP contribution is 2.47. The summed E-state index contributed by atoms with van der Waals surface area (Å²) >= 11 is 0. The molecule has 0 unspecified atom stereocenters. The Labute approximate surface area is 234 Å². The van der Waals surface area contributed by atoms with Gasteiger partial charge in [-0.05, 0) is 74.3 Å². The highest BCUT2D eigenvalue weighted by atomic mass is 19.1. The number of nitrogens with two attached hydrogens (primary N) is 1. The Hall–Kier alpha value is -4.77. The van der Waals surface area contributed by atoms with E-state index in [9.17, 15) is 14.0 Å². The molecule has 212 valence electrons. The molecule has 1 aliphatic rings. The number of methoxy groups -OCH3 is 1. The molecule has 5 rings (SSSR count). The van der Waals surface area contributed by atoms with E-state index in [4.69, 9.17) is 19.9 Å². The Morgan fingerprint density at radius 1 is 0.902 bits per heavy atom. The predicted molar refractivity (Wildman–Crippen MR) is 149 cm³/mol. The van der Waals surface area contributed by atoms with Crippen LogP contribution in [0.15, 0.2) is 66.9 Å². The van der Waals surface area contributed by atoms with Crippen molar-refractivity contribution in [1.82, 2.24) is 4.98 Å². The second-order valence-corrected chi connectivity index (χ2v) is 9.56. The van der Waals surface area contributed by atoms with E-state index in [0.29, 0.717) is 66.3 Å². The first-order valence-corrected chi connectivity index (χ1v) is 13.0. The van der Waals surface area contributed by atoms with E-state index in [1.807, 2.05) is 0 Å². The van der Waals surface area contributed by atoms with Gasteiger partial charge in [0.05, 0.1) is 19.2 Å². The van der Waals surface area contributed by atoms with Crippen LogP contribution in [0.1, 0.15) is 19.3 Å². The van der Waals surface area contributed by atoms with E-state index in [2.05, 4.69) is 15.6 Å². The van der Waals surface area contributed by atoms with Crippen LogP contribution in [0, 0.1) is 17.0 Å². The number of amides is 2. The van der Waals surface area contributed by atoms with E-state index < -0.39 is 28.9 Å². The zero-order valence-electron chi connectivity index (χ0n) is 22.2. The van der Waals surface area contributed by atoms with Crippen molar-refractivity contribution in [2.75, 3.05) is 30.9 Å². The fraction of sp³-hybridized carbons (Fsp3) is 0.233. The van der Waals surface area contributed by atoms with Crippen LogP contribution in [-0.4, -0.2) is 37.1 Å². The van der Waals surface area contributed by atoms with Crippen LogP contribution in [0.4, 0.5) is 20.2 Å². The fourth-order valence-corrected chi connectivity index (χ4v) is 4.25. The molecule has 0 atom stereocenters. The Kier molecular flexibility index (Phi) is 7.97. The fourth-order valence-electron chi connectivity index (χ4n) is 4.25. The number of nitrogens with one attached hydrogen (secondary N) is 2. The molecule has 3 aromatic carbocycles. The minimum atomic E-state index is -1.28. The molecule has 4 N–H and O–H groups in total. The van der Waals surface area contributed by atoms with Crippen molar-refractivity contribution in [1.29, 1.82) is 0 Å². The smallest absolute Gasteiger partial charge is 0.240 e. The van der Waals surface area contributed by atoms with Crippen molar-refractivity contribution in [2.24, 2.45) is 11.1 Å². The summed E-state index contributed by atoms with van der Waals surface area (Å²) in [6.07, 6.45) is 2.87. The largest absolute Gasteiger partial charge is 0.493 e. The summed E-state index contributed by atoms with van der Waals surface area (Å²) in [5, 5.41) is 5.84. The molecule has 0 bridgehead atoms. The molecule has 1 heterocycles. The maximum Gasteiger partial charge on any atom is 0.240 e. The first-order chi connectivity index (χ1) is 19.8. The molecule has 0 aliphatic heterocycles. The molecule has 0 radical (unpaired) electrons. The van der Waals surface area contributed by atoms with Gasteiger partial charge in [0.15, 0.2) is 23.1 Å². The zero-order valence-corrected chi connectivity index (χ0v) is 22.2. The molecule has 9 nitrogen and oxygen atoms in total. The monoisotopic (exact) mass is 562 g/mol. The van der Waals surface area contributed by atoms with Gasteiger partial charge >= 0.3 is 0 Å². The number of ether oxygens (including phenoxy) is 3. The third-order valence-electron chi connectivity index (χ3n) is 6.72. The minimum absolute atomic E-state index is 0.0768. The van der Waals surface area contributed by atoms with Crippen molar-refractivity contribution in [3.8, 4) is 23.0 Å². The van der Waals surface area contributed by atoms with E-state index in [1.165, 1.54) is 49.7 Å². The maximum atomic E-state index is 15.1. The van der Waals surface area contributed by atoms with Crippen LogP contribution < -0.4 is 30.6 Å². The van der Waals surface area contributed by atoms with Gasteiger partial charge in [0.2, 0.25) is 11.8 Å². The van der Waals surface area contributed by atoms with E-state index in [0.717, 1.165) is 6.07 Å². The number of anilines is 2. The van der Waals surface area contributed by atoms with Crippen molar-refractivity contribution in [3.05, 3.63) is 78.5 Å². The summed E-state index contributed by atoms with van der Waals surface area (Å²) < 4.78 is 45.4. The zero-order chi connectivity index (χ0) is 29.0. The normalized spacial score (nSPS) is 13.4. The van der Waals surface area contributed by atoms with Crippen molar-refractivity contribution < 1.29 is 32.6 Å². The number of benzene rings is 3. The van der Waals surface area contributed by atoms with Gasteiger partial charge in [-0.3, -0.25) is 14.6 Å². The van der Waals surface area contributed by atoms with E-state index >= 15 is 4.39 Å². The molecule has 1 saturated carbocycles. The summed E-state index contributed by atoms with van der Waals surface area (Å²) in [6.45, 7) is 0.873. The number of hydrogen-bond donors (Lipinski definition) is 3. The molecule has 41 heavy (non-hydrogen) atoms. The minimum Gasteiger partial charge on any atom is -0.493 e. The highest BCUT2D eigenvalue weighted by Gasteiger charge is 2.56. The Bertz CT molecular complexity index is 1590. The number of carbonyl (C=O) groups excluding carboxylic acids is 2. The van der Waals surface area contributed by atoms with Crippen LogP contribution >= 0.6 is 0 Å². The number of pyridine rings is 1. The average Bonchev–Trinajstić information content (AvgIpc) is 3.78. The molecule has 1 aliphatic carbocycles. The molecule has 11 heteroatoms. The van der Waals surface area contributed by atoms with Crippen LogP contribution in [0.2, 0.25) is 0 Å². The lowest BCUT2D eigenvalue weighted by molar-refractivity contribution is -0.131. The molecular weight excluding hydrogens is 534 g/mol. The molecule has 1 aromatic heterocycles. The summed E-state index contributed by atoms with van der Waals surface area (Å²) in [5.74, 6) is -0.992. The third kappa shape index (κ3) is 6.04. The summed E-state index contributed by atoms with van der Waals surface area (Å²) in [7, 11) is 1.52. The average molecular weight is 563 g/mol. The molecule has 0 spiro atoms. The van der Waals surface area contributed by atoms with Crippen molar-refractivity contribution in [2.45, 2.75) is 19.3 Å². The molecular formula is C30H28F2N4O5. The summed E-state index contributed by atoms with van der Waals surface area (Å²) in [5.41, 5.74) is 5.38. The van der Waals surface area contributed by atoms with Gasteiger partial charge in [-0.2, -0.15) is 0 Å². The molecule has 2 amide bonds. The van der Waals surface area contributed by atoms with E-state index in [-0.39, 0.29) is 11.4 Å². The number of fused-ring (bicyclic) bond motifs is 1. The van der Waals surface area contributed by atoms with Crippen LogP contribution in [0.5, 0.6) is 23.0 Å². The van der Waals surface area contributed by atoms with Gasteiger partial charge in [-0.15, -0.1) is 0 Å². The van der Waals surface area contributed by atoms with Gasteiger partial charge in [0.1, 0.15) is 17.0 Å². The lowest BCUT2D eigenvalue weighted by Crippen LogP contribution is -2.35. The lowest BCUT2D eigenvalue weighted by Gasteiger charge is -2.16. The second kappa shape index (κ2) is 11.8.